The molecule has 3 rings (SSSR count). The number of benzene rings is 3. The van der Waals surface area contributed by atoms with Crippen LogP contribution in [0.25, 0.3) is 10.8 Å². The molecule has 33 heavy (non-hydrogen) atoms. The number of fused-ring (bicyclic) bond motifs is 1. The zero-order valence-corrected chi connectivity index (χ0v) is 19.7. The Bertz CT molecular complexity index is 1090. The van der Waals surface area contributed by atoms with Crippen LogP contribution in [0.15, 0.2) is 72.8 Å². The van der Waals surface area contributed by atoms with Gasteiger partial charge in [0.2, 0.25) is 0 Å². The molecule has 0 aliphatic rings. The summed E-state index contributed by atoms with van der Waals surface area (Å²) >= 11 is 0. The third-order valence-electron chi connectivity index (χ3n) is 4.92. The van der Waals surface area contributed by atoms with Gasteiger partial charge in [0, 0.05) is 0 Å². The summed E-state index contributed by atoms with van der Waals surface area (Å²) in [5.74, 6) is 0.0919. The van der Waals surface area contributed by atoms with Crippen LogP contribution in [0.3, 0.4) is 0 Å². The third-order valence-corrected chi connectivity index (χ3v) is 4.92. The number of esters is 1. The summed E-state index contributed by atoms with van der Waals surface area (Å²) in [7, 11) is 0. The first-order valence-electron chi connectivity index (χ1n) is 11.0. The van der Waals surface area contributed by atoms with Crippen molar-refractivity contribution in [3.05, 3.63) is 78.4 Å². The van der Waals surface area contributed by atoms with Crippen LogP contribution in [0.4, 0.5) is 4.79 Å². The van der Waals surface area contributed by atoms with Crippen LogP contribution >= 0.6 is 0 Å². The van der Waals surface area contributed by atoms with Gasteiger partial charge in [-0.1, -0.05) is 54.6 Å². The van der Waals surface area contributed by atoms with E-state index in [1.54, 1.807) is 34.6 Å². The third kappa shape index (κ3) is 6.97. The molecule has 0 radical (unpaired) electrons. The number of carbonyl (C=O) groups excluding carboxylic acids is 2. The lowest BCUT2D eigenvalue weighted by Crippen LogP contribution is -2.43. The van der Waals surface area contributed by atoms with Gasteiger partial charge in [-0.15, -0.1) is 0 Å². The molecule has 0 saturated heterocycles. The SMILES string of the molecule is C[C@H](NC(=O)OC(C)(C)C)C(=O)O[C@@H](C)[C@H](Oc1ccccc1)c1ccc2ccccc2c1. The Labute approximate surface area is 194 Å². The summed E-state index contributed by atoms with van der Waals surface area (Å²) in [6.45, 7) is 8.61. The molecular weight excluding hydrogens is 418 g/mol. The normalized spacial score (nSPS) is 14.1. The van der Waals surface area contributed by atoms with Crippen molar-refractivity contribution in [1.82, 2.24) is 5.32 Å². The summed E-state index contributed by atoms with van der Waals surface area (Å²) in [6.07, 6.45) is -1.84. The lowest BCUT2D eigenvalue weighted by molar-refractivity contribution is -0.155. The second-order valence-corrected chi connectivity index (χ2v) is 8.97. The minimum atomic E-state index is -0.878. The van der Waals surface area contributed by atoms with Gasteiger partial charge in [-0.05, 0) is 69.2 Å². The van der Waals surface area contributed by atoms with Crippen molar-refractivity contribution in [3.8, 4) is 5.75 Å². The van der Waals surface area contributed by atoms with E-state index >= 15 is 0 Å². The Morgan fingerprint density at radius 2 is 1.48 bits per heavy atom. The molecule has 0 bridgehead atoms. The maximum Gasteiger partial charge on any atom is 0.408 e. The zero-order valence-electron chi connectivity index (χ0n) is 19.7. The number of ether oxygens (including phenoxy) is 3. The Balaban J connectivity index is 1.77. The van der Waals surface area contributed by atoms with E-state index in [9.17, 15) is 9.59 Å². The fourth-order valence-electron chi connectivity index (χ4n) is 3.36. The van der Waals surface area contributed by atoms with Crippen LogP contribution in [-0.4, -0.2) is 29.8 Å². The monoisotopic (exact) mass is 449 g/mol. The first-order chi connectivity index (χ1) is 15.6. The van der Waals surface area contributed by atoms with Crippen LogP contribution in [0.5, 0.6) is 5.75 Å². The molecule has 0 fully saturated rings. The van der Waals surface area contributed by atoms with Crippen LogP contribution in [0, 0.1) is 0 Å². The van der Waals surface area contributed by atoms with Gasteiger partial charge in [-0.25, -0.2) is 9.59 Å². The molecular formula is C27H31NO5. The van der Waals surface area contributed by atoms with Gasteiger partial charge in [-0.2, -0.15) is 0 Å². The predicted molar refractivity (Wildman–Crippen MR) is 128 cm³/mol. The summed E-state index contributed by atoms with van der Waals surface area (Å²) in [5.41, 5.74) is 0.219. The van der Waals surface area contributed by atoms with Gasteiger partial charge in [0.1, 0.15) is 23.5 Å². The predicted octanol–water partition coefficient (Wildman–Crippen LogP) is 5.80. The fourth-order valence-corrected chi connectivity index (χ4v) is 3.36. The molecule has 3 atom stereocenters. The lowest BCUT2D eigenvalue weighted by Gasteiger charge is -2.27. The molecule has 6 heteroatoms. The van der Waals surface area contributed by atoms with E-state index in [1.807, 2.05) is 72.8 Å². The average molecular weight is 450 g/mol. The number of carbonyl (C=O) groups is 2. The topological polar surface area (TPSA) is 73.9 Å². The average Bonchev–Trinajstić information content (AvgIpc) is 2.76. The second-order valence-electron chi connectivity index (χ2n) is 8.97. The number of alkyl carbamates (subject to hydrolysis) is 1. The van der Waals surface area contributed by atoms with E-state index in [4.69, 9.17) is 14.2 Å². The molecule has 0 aliphatic heterocycles. The van der Waals surface area contributed by atoms with E-state index in [-0.39, 0.29) is 0 Å². The summed E-state index contributed by atoms with van der Waals surface area (Å²) in [5, 5.41) is 4.69. The van der Waals surface area contributed by atoms with Crippen molar-refractivity contribution < 1.29 is 23.8 Å². The van der Waals surface area contributed by atoms with E-state index in [1.165, 1.54) is 0 Å². The van der Waals surface area contributed by atoms with Crippen molar-refractivity contribution in [2.75, 3.05) is 0 Å². The molecule has 0 heterocycles. The van der Waals surface area contributed by atoms with Gasteiger partial charge in [0.25, 0.3) is 0 Å². The number of hydrogen-bond donors (Lipinski definition) is 1. The number of rotatable bonds is 7. The molecule has 1 N–H and O–H groups in total. The van der Waals surface area contributed by atoms with E-state index in [0.29, 0.717) is 5.75 Å². The Kier molecular flexibility index (Phi) is 7.59. The Morgan fingerprint density at radius 3 is 2.15 bits per heavy atom. The van der Waals surface area contributed by atoms with Crippen molar-refractivity contribution >= 4 is 22.8 Å². The summed E-state index contributed by atoms with van der Waals surface area (Å²) in [4.78, 5) is 24.7. The molecule has 0 saturated carbocycles. The minimum Gasteiger partial charge on any atom is -0.482 e. The van der Waals surface area contributed by atoms with Crippen molar-refractivity contribution in [2.45, 2.75) is 58.5 Å². The van der Waals surface area contributed by atoms with Crippen molar-refractivity contribution in [3.63, 3.8) is 0 Å². The molecule has 0 aromatic heterocycles. The van der Waals surface area contributed by atoms with Crippen LogP contribution < -0.4 is 10.1 Å². The number of hydrogen-bond acceptors (Lipinski definition) is 5. The van der Waals surface area contributed by atoms with Crippen molar-refractivity contribution in [2.24, 2.45) is 0 Å². The largest absolute Gasteiger partial charge is 0.482 e. The number of amides is 1. The summed E-state index contributed by atoms with van der Waals surface area (Å²) < 4.78 is 17.2. The van der Waals surface area contributed by atoms with Crippen molar-refractivity contribution in [1.29, 1.82) is 0 Å². The molecule has 0 aliphatic carbocycles. The molecule has 1 amide bonds. The van der Waals surface area contributed by atoms with E-state index in [2.05, 4.69) is 5.32 Å². The van der Waals surface area contributed by atoms with E-state index in [0.717, 1.165) is 16.3 Å². The van der Waals surface area contributed by atoms with Crippen LogP contribution in [-0.2, 0) is 14.3 Å². The molecule has 3 aromatic carbocycles. The Morgan fingerprint density at radius 1 is 0.848 bits per heavy atom. The minimum absolute atomic E-state index is 0.547. The first kappa shape index (κ1) is 24.1. The highest BCUT2D eigenvalue weighted by molar-refractivity contribution is 5.83. The number of nitrogens with one attached hydrogen (secondary N) is 1. The van der Waals surface area contributed by atoms with E-state index < -0.39 is 35.9 Å². The Hall–Kier alpha value is -3.54. The number of para-hydroxylation sites is 1. The second kappa shape index (κ2) is 10.4. The highest BCUT2D eigenvalue weighted by atomic mass is 16.6. The molecule has 174 valence electrons. The molecule has 0 spiro atoms. The van der Waals surface area contributed by atoms with Crippen LogP contribution in [0.2, 0.25) is 0 Å². The lowest BCUT2D eigenvalue weighted by atomic mass is 10.0. The maximum atomic E-state index is 12.7. The zero-order chi connectivity index (χ0) is 24.0. The van der Waals surface area contributed by atoms with Gasteiger partial charge in [-0.3, -0.25) is 0 Å². The summed E-state index contributed by atoms with van der Waals surface area (Å²) in [6, 6.07) is 22.6. The van der Waals surface area contributed by atoms with Crippen LogP contribution in [0.1, 0.15) is 46.3 Å². The molecule has 3 aromatic rings. The molecule has 6 nitrogen and oxygen atoms in total. The smallest absolute Gasteiger partial charge is 0.408 e. The fraction of sp³-hybridized carbons (Fsp3) is 0.333. The molecule has 0 unspecified atom stereocenters. The van der Waals surface area contributed by atoms with Gasteiger partial charge >= 0.3 is 12.1 Å². The standard InChI is InChI=1S/C27H31NO5/c1-18(28-26(30)33-27(3,4)5)25(29)31-19(2)24(32-23-13-7-6-8-14-23)22-16-15-20-11-9-10-12-21(20)17-22/h6-19,24H,1-5H3,(H,28,30)/t18-,19-,24-/m0/s1. The quantitative estimate of drug-likeness (QED) is 0.461. The first-order valence-corrected chi connectivity index (χ1v) is 11.0. The highest BCUT2D eigenvalue weighted by Crippen LogP contribution is 2.29. The van der Waals surface area contributed by atoms with Gasteiger partial charge in [0.05, 0.1) is 0 Å². The highest BCUT2D eigenvalue weighted by Gasteiger charge is 2.28. The van der Waals surface area contributed by atoms with Gasteiger partial charge in [0.15, 0.2) is 6.10 Å². The van der Waals surface area contributed by atoms with Gasteiger partial charge < -0.3 is 19.5 Å². The maximum absolute atomic E-state index is 12.7.